The molecule has 0 aliphatic carbocycles. The van der Waals surface area contributed by atoms with Crippen LogP contribution in [0.3, 0.4) is 0 Å². The Bertz CT molecular complexity index is 590. The molecule has 0 radical (unpaired) electrons. The number of hydrogen-bond donors (Lipinski definition) is 2. The third kappa shape index (κ3) is 4.08. The smallest absolute Gasteiger partial charge is 0.303 e. The number of pyridine rings is 1. The highest BCUT2D eigenvalue weighted by Gasteiger charge is 2.18. The van der Waals surface area contributed by atoms with Crippen molar-refractivity contribution in [3.63, 3.8) is 0 Å². The number of nitrogens with zero attached hydrogens (tertiary/aromatic N) is 2. The van der Waals surface area contributed by atoms with Gasteiger partial charge in [0.15, 0.2) is 5.75 Å². The molecule has 2 heterocycles. The molecule has 0 saturated carbocycles. The van der Waals surface area contributed by atoms with Gasteiger partial charge in [0.25, 0.3) is 0 Å². The van der Waals surface area contributed by atoms with Crippen molar-refractivity contribution in [3.05, 3.63) is 27.7 Å². The monoisotopic (exact) mass is 310 g/mol. The average Bonchev–Trinajstić information content (AvgIpc) is 2.48. The van der Waals surface area contributed by atoms with E-state index in [-0.39, 0.29) is 12.2 Å². The lowest BCUT2D eigenvalue weighted by atomic mass is 10.2. The maximum absolute atomic E-state index is 11.8. The Morgan fingerprint density at radius 3 is 2.68 bits per heavy atom. The summed E-state index contributed by atoms with van der Waals surface area (Å²) in [5.74, 6) is -1.09. The number of rotatable bonds is 6. The number of aromatic hydroxyl groups is 1. The number of aryl methyl sites for hydroxylation is 1. The average molecular weight is 310 g/mol. The van der Waals surface area contributed by atoms with Gasteiger partial charge >= 0.3 is 5.97 Å². The van der Waals surface area contributed by atoms with Gasteiger partial charge in [-0.25, -0.2) is 0 Å². The molecule has 2 N–H and O–H groups in total. The Kier molecular flexibility index (Phi) is 5.57. The van der Waals surface area contributed by atoms with Crippen molar-refractivity contribution in [2.24, 2.45) is 0 Å². The SMILES string of the molecule is Cc1cc(=O)c(O)c(CN2CCOCC2)n1CCCC(=O)O. The van der Waals surface area contributed by atoms with E-state index < -0.39 is 11.4 Å². The van der Waals surface area contributed by atoms with Gasteiger partial charge in [-0.1, -0.05) is 0 Å². The third-order valence-corrected chi connectivity index (χ3v) is 3.85. The highest BCUT2D eigenvalue weighted by Crippen LogP contribution is 2.18. The summed E-state index contributed by atoms with van der Waals surface area (Å²) in [5.41, 5.74) is 0.893. The third-order valence-electron chi connectivity index (χ3n) is 3.85. The Morgan fingerprint density at radius 1 is 1.36 bits per heavy atom. The largest absolute Gasteiger partial charge is 0.503 e. The lowest BCUT2D eigenvalue weighted by Gasteiger charge is -2.28. The van der Waals surface area contributed by atoms with E-state index in [2.05, 4.69) is 4.90 Å². The van der Waals surface area contributed by atoms with Crippen LogP contribution in [0.5, 0.6) is 5.75 Å². The van der Waals surface area contributed by atoms with E-state index in [1.807, 2.05) is 4.57 Å². The maximum Gasteiger partial charge on any atom is 0.303 e. The van der Waals surface area contributed by atoms with Gasteiger partial charge in [0.05, 0.1) is 18.9 Å². The first-order chi connectivity index (χ1) is 10.5. The van der Waals surface area contributed by atoms with Gasteiger partial charge in [0.2, 0.25) is 5.43 Å². The molecule has 0 amide bonds. The number of hydrogen-bond acceptors (Lipinski definition) is 5. The van der Waals surface area contributed by atoms with Gasteiger partial charge in [0.1, 0.15) is 0 Å². The normalized spacial score (nSPS) is 15.9. The maximum atomic E-state index is 11.8. The fourth-order valence-electron chi connectivity index (χ4n) is 2.65. The molecule has 7 nitrogen and oxygen atoms in total. The Hall–Kier alpha value is -1.86. The van der Waals surface area contributed by atoms with Crippen LogP contribution in [-0.2, 0) is 22.6 Å². The van der Waals surface area contributed by atoms with Gasteiger partial charge in [-0.15, -0.1) is 0 Å². The molecular formula is C15H22N2O5. The molecule has 1 aliphatic heterocycles. The highest BCUT2D eigenvalue weighted by atomic mass is 16.5. The number of carboxylic acid groups (broad SMARTS) is 1. The van der Waals surface area contributed by atoms with E-state index in [9.17, 15) is 14.7 Å². The standard InChI is InChI=1S/C15H22N2O5/c1-11-9-13(18)15(21)12(10-16-5-7-22-8-6-16)17(11)4-2-3-14(19)20/h9,21H,2-8,10H2,1H3,(H,19,20). The topological polar surface area (TPSA) is 92.0 Å². The first-order valence-corrected chi connectivity index (χ1v) is 7.43. The predicted octanol–water partition coefficient (Wildman–Crippen LogP) is 0.559. The van der Waals surface area contributed by atoms with Crippen LogP contribution in [0.1, 0.15) is 24.2 Å². The van der Waals surface area contributed by atoms with E-state index in [4.69, 9.17) is 9.84 Å². The summed E-state index contributed by atoms with van der Waals surface area (Å²) in [5, 5.41) is 18.9. The highest BCUT2D eigenvalue weighted by molar-refractivity contribution is 5.66. The second kappa shape index (κ2) is 7.42. The molecule has 0 bridgehead atoms. The number of carboxylic acids is 1. The van der Waals surface area contributed by atoms with Crippen LogP contribution in [0.4, 0.5) is 0 Å². The van der Waals surface area contributed by atoms with Crippen molar-refractivity contribution in [1.29, 1.82) is 0 Å². The predicted molar refractivity (Wildman–Crippen MR) is 80.1 cm³/mol. The molecule has 7 heteroatoms. The molecule has 0 atom stereocenters. The minimum Gasteiger partial charge on any atom is -0.503 e. The zero-order valence-corrected chi connectivity index (χ0v) is 12.7. The van der Waals surface area contributed by atoms with E-state index in [0.29, 0.717) is 38.4 Å². The summed E-state index contributed by atoms with van der Waals surface area (Å²) in [6, 6.07) is 1.39. The second-order valence-electron chi connectivity index (χ2n) is 5.48. The number of morpholine rings is 1. The second-order valence-corrected chi connectivity index (χ2v) is 5.48. The van der Waals surface area contributed by atoms with Gasteiger partial charge < -0.3 is 19.5 Å². The quantitative estimate of drug-likeness (QED) is 0.797. The van der Waals surface area contributed by atoms with Crippen LogP contribution in [0, 0.1) is 6.92 Å². The first-order valence-electron chi connectivity index (χ1n) is 7.43. The van der Waals surface area contributed by atoms with E-state index in [0.717, 1.165) is 18.8 Å². The summed E-state index contributed by atoms with van der Waals surface area (Å²) in [6.07, 6.45) is 0.512. The molecule has 122 valence electrons. The van der Waals surface area contributed by atoms with Crippen molar-refractivity contribution in [3.8, 4) is 5.75 Å². The zero-order chi connectivity index (χ0) is 16.1. The van der Waals surface area contributed by atoms with Gasteiger partial charge in [-0.2, -0.15) is 0 Å². The van der Waals surface area contributed by atoms with E-state index in [1.165, 1.54) is 6.07 Å². The summed E-state index contributed by atoms with van der Waals surface area (Å²) in [4.78, 5) is 24.6. The van der Waals surface area contributed by atoms with Crippen LogP contribution in [0.2, 0.25) is 0 Å². The molecule has 1 saturated heterocycles. The fraction of sp³-hybridized carbons (Fsp3) is 0.600. The van der Waals surface area contributed by atoms with Crippen LogP contribution in [0.25, 0.3) is 0 Å². The van der Waals surface area contributed by atoms with E-state index in [1.54, 1.807) is 6.92 Å². The van der Waals surface area contributed by atoms with Crippen LogP contribution in [0.15, 0.2) is 10.9 Å². The van der Waals surface area contributed by atoms with Crippen molar-refractivity contribution >= 4 is 5.97 Å². The van der Waals surface area contributed by atoms with Gasteiger partial charge in [0, 0.05) is 44.4 Å². The van der Waals surface area contributed by atoms with Crippen molar-refractivity contribution in [1.82, 2.24) is 9.47 Å². The van der Waals surface area contributed by atoms with Crippen molar-refractivity contribution in [2.45, 2.75) is 32.9 Å². The minimum absolute atomic E-state index is 0.0589. The van der Waals surface area contributed by atoms with E-state index >= 15 is 0 Å². The lowest BCUT2D eigenvalue weighted by molar-refractivity contribution is -0.137. The number of ether oxygens (including phenoxy) is 1. The summed E-state index contributed by atoms with van der Waals surface area (Å²) < 4.78 is 7.14. The summed E-state index contributed by atoms with van der Waals surface area (Å²) in [7, 11) is 0. The molecular weight excluding hydrogens is 288 g/mol. The molecule has 1 aliphatic rings. The minimum atomic E-state index is -0.849. The molecule has 0 aromatic carbocycles. The molecule has 1 aromatic rings. The number of aliphatic carboxylic acids is 1. The number of aromatic nitrogens is 1. The summed E-state index contributed by atoms with van der Waals surface area (Å²) in [6.45, 7) is 5.48. The molecule has 0 spiro atoms. The van der Waals surface area contributed by atoms with Crippen LogP contribution >= 0.6 is 0 Å². The first kappa shape index (κ1) is 16.5. The number of carbonyl (C=O) groups is 1. The molecule has 1 fully saturated rings. The molecule has 22 heavy (non-hydrogen) atoms. The Labute approximate surface area is 128 Å². The fourth-order valence-corrected chi connectivity index (χ4v) is 2.65. The van der Waals surface area contributed by atoms with Crippen molar-refractivity contribution in [2.75, 3.05) is 26.3 Å². The molecule has 2 rings (SSSR count). The van der Waals surface area contributed by atoms with Crippen LogP contribution < -0.4 is 5.43 Å². The molecule has 0 unspecified atom stereocenters. The molecule has 1 aromatic heterocycles. The lowest BCUT2D eigenvalue weighted by Crippen LogP contribution is -2.37. The zero-order valence-electron chi connectivity index (χ0n) is 12.7. The summed E-state index contributed by atoms with van der Waals surface area (Å²) >= 11 is 0. The Morgan fingerprint density at radius 2 is 2.05 bits per heavy atom. The van der Waals surface area contributed by atoms with Gasteiger partial charge in [-0.3, -0.25) is 14.5 Å². The van der Waals surface area contributed by atoms with Gasteiger partial charge in [-0.05, 0) is 13.3 Å². The Balaban J connectivity index is 2.23. The van der Waals surface area contributed by atoms with Crippen LogP contribution in [-0.4, -0.2) is 52.0 Å². The van der Waals surface area contributed by atoms with Crippen molar-refractivity contribution < 1.29 is 19.7 Å².